The van der Waals surface area contributed by atoms with Crippen LogP contribution in [0.4, 0.5) is 26.3 Å². The number of halogens is 6. The van der Waals surface area contributed by atoms with Crippen molar-refractivity contribution in [2.24, 2.45) is 0 Å². The Bertz CT molecular complexity index is 5340. The van der Waals surface area contributed by atoms with E-state index in [0.29, 0.717) is 0 Å². The van der Waals surface area contributed by atoms with Crippen LogP contribution in [0.1, 0.15) is 232 Å². The lowest BCUT2D eigenvalue weighted by Crippen LogP contribution is -2.66. The SMILES string of the molecule is CCCCCCCCN(CCCCCCCC)CCCCCCCC.CCCC[N+](CCCC)(CCCC)CCCC.CS(=O)(=O)NS(=O)(=O)C(F)(F)C(F)(F)C(F)(F)S(=O)(=O)N1CCN(C2CCOC2=O)CC1.O=C([O-])c1ccccc1.c1ccc(-c2nc(-c3ccccc3)c(-c3ccccc3)[nH]2)cc1.c1ccc(-c2nc3ccccc3[nH]2)cc1.c1ccc([S+](c2ccccc2)c2ccccc2)cc1. The summed E-state index contributed by atoms with van der Waals surface area (Å²) < 4.78 is 159. The van der Waals surface area contributed by atoms with E-state index in [1.54, 1.807) is 18.2 Å². The number of hydrogen-bond donors (Lipinski definition) is 3. The minimum absolute atomic E-state index is 0.0146. The number of benzene rings is 9. The van der Waals surface area contributed by atoms with Crippen molar-refractivity contribution in [3.63, 3.8) is 0 Å². The average molecular weight is 2010 g/mol. The van der Waals surface area contributed by atoms with E-state index in [1.807, 2.05) is 97.1 Å². The van der Waals surface area contributed by atoms with Crippen LogP contribution in [-0.2, 0) is 50.5 Å². The Labute approximate surface area is 833 Å². The molecule has 9 aromatic carbocycles. The number of ether oxygens (including phenoxy) is 1. The fraction of sp³-hybridized carbons (Fsp3) is 0.459. The molecule has 0 spiro atoms. The molecule has 0 aliphatic carbocycles. The Morgan fingerprint density at radius 2 is 0.779 bits per heavy atom. The number of nitrogens with one attached hydrogen (secondary N) is 3. The molecule has 1 atom stereocenters. The van der Waals surface area contributed by atoms with Gasteiger partial charge in [0, 0.05) is 54.9 Å². The standard InChI is InChI=1S/C24H51N.C21H16N2.C18H15S.C16H36N.C13H10N2.C12H17F6N3O8S3.C7H6O2/c1-4-7-10-13-16-19-22-25(23-20-17-14-11-8-5-2)24-21-18-15-12-9-6-3;1-4-10-16(11-5-1)19-20(17-12-6-2-7-13-17)23-21(22-19)18-14-8-3-9-15-18;1-4-10-16(11-5-1)19(17-12-6-2-7-13-17)18-14-8-3-9-15-18;1-5-9-13-17(14-10-6-2,15-11-7-3)16-12-8-4;1-2-6-10(7-3-1)13-14-11-8-4-5-9-12(11)15-13;1-30(23,24)19-31(25,26)11(15,16)10(13,14)12(17,18)32(27,28)21-5-3-20(4-6-21)8-2-7-29-9(8)22;8-7(9)6-4-2-1-3-5-6/h4-24H2,1-3H3;1-15H,(H,22,23);1-15H;5-16H2,1-4H3;1-9H,(H,14,15);8,19H,2-7H2,1H3;1-5H,(H,8,9)/q;;2*+1;;;/p-1. The zero-order valence-corrected chi connectivity index (χ0v) is 86.5. The van der Waals surface area contributed by atoms with Crippen LogP contribution in [0, 0.1) is 0 Å². The molecule has 4 heterocycles. The van der Waals surface area contributed by atoms with Gasteiger partial charge in [0.05, 0.1) is 78.3 Å². The highest BCUT2D eigenvalue weighted by Gasteiger charge is 2.83. The lowest BCUT2D eigenvalue weighted by Gasteiger charge is -2.39. The molecule has 764 valence electrons. The minimum atomic E-state index is -7.08. The van der Waals surface area contributed by atoms with Crippen molar-refractivity contribution in [3.8, 4) is 45.3 Å². The topological polar surface area (TPSA) is 248 Å². The molecule has 2 aliphatic heterocycles. The number of alkyl halides is 6. The van der Waals surface area contributed by atoms with Gasteiger partial charge in [-0.15, -0.1) is 4.13 Å². The molecule has 0 amide bonds. The number of aromatic nitrogens is 4. The molecule has 3 N–H and O–H groups in total. The number of carboxylic acids is 1. The van der Waals surface area contributed by atoms with Crippen LogP contribution in [0.2, 0.25) is 0 Å². The normalized spacial score (nSPS) is 13.7. The van der Waals surface area contributed by atoms with E-state index >= 15 is 0 Å². The molecule has 2 fully saturated rings. The van der Waals surface area contributed by atoms with Crippen LogP contribution < -0.4 is 9.23 Å². The Balaban J connectivity index is 0.000000227. The summed E-state index contributed by atoms with van der Waals surface area (Å²) in [6.07, 6.45) is 36.9. The molecule has 0 bridgehead atoms. The number of piperazine rings is 1. The van der Waals surface area contributed by atoms with E-state index in [0.717, 1.165) is 56.3 Å². The number of H-pyrrole nitrogens is 2. The molecular formula is C111H150F6N9O10S4+. The first-order valence-electron chi connectivity index (χ1n) is 50.1. The van der Waals surface area contributed by atoms with Gasteiger partial charge in [0.2, 0.25) is 10.0 Å². The Morgan fingerprint density at radius 3 is 1.14 bits per heavy atom. The quantitative estimate of drug-likeness (QED) is 0.0106. The van der Waals surface area contributed by atoms with Gasteiger partial charge < -0.3 is 34.0 Å². The van der Waals surface area contributed by atoms with E-state index in [-0.39, 0.29) is 44.2 Å². The maximum absolute atomic E-state index is 14.3. The number of sulfonamides is 3. The first kappa shape index (κ1) is 117. The summed E-state index contributed by atoms with van der Waals surface area (Å²) >= 11 is 0. The molecular weight excluding hydrogens is 1860 g/mol. The molecule has 11 aromatic rings. The van der Waals surface area contributed by atoms with Gasteiger partial charge in [-0.1, -0.05) is 389 Å². The van der Waals surface area contributed by atoms with Crippen molar-refractivity contribution in [2.45, 2.75) is 259 Å². The second kappa shape index (κ2) is 62.6. The highest BCUT2D eigenvalue weighted by molar-refractivity contribution is 8.05. The fourth-order valence-corrected chi connectivity index (χ4v) is 22.4. The summed E-state index contributed by atoms with van der Waals surface area (Å²) in [7, 11) is -18.8. The number of quaternary nitrogens is 1. The average Bonchev–Trinajstić information content (AvgIpc) is 0.889. The number of aromatic carboxylic acids is 1. The molecule has 2 aromatic heterocycles. The molecule has 2 aliphatic rings. The summed E-state index contributed by atoms with van der Waals surface area (Å²) in [6, 6.07) is 88.5. The number of fused-ring (bicyclic) bond motifs is 1. The number of para-hydroxylation sites is 2. The summed E-state index contributed by atoms with van der Waals surface area (Å²) in [5.74, 6) is -7.06. The first-order valence-corrected chi connectivity index (χ1v) is 56.2. The van der Waals surface area contributed by atoms with Gasteiger partial charge in [-0.25, -0.2) is 35.2 Å². The summed E-state index contributed by atoms with van der Waals surface area (Å²) in [4.78, 5) is 46.0. The molecule has 13 rings (SSSR count). The summed E-state index contributed by atoms with van der Waals surface area (Å²) in [6.45, 7) is 23.4. The lowest BCUT2D eigenvalue weighted by molar-refractivity contribution is -0.929. The maximum Gasteiger partial charge on any atom is 0.429 e. The number of nitrogens with zero attached hydrogens (tertiary/aromatic N) is 6. The molecule has 1 unspecified atom stereocenters. The highest BCUT2D eigenvalue weighted by atomic mass is 32.3. The van der Waals surface area contributed by atoms with E-state index < -0.39 is 90.7 Å². The summed E-state index contributed by atoms with van der Waals surface area (Å²) in [5, 5.41) is -3.42. The second-order valence-corrected chi connectivity index (χ2v) is 43.2. The molecule has 2 saturated heterocycles. The number of rotatable bonds is 49. The zero-order valence-electron chi connectivity index (χ0n) is 83.2. The number of unbranched alkanes of at least 4 members (excludes halogenated alkanes) is 19. The van der Waals surface area contributed by atoms with Crippen LogP contribution in [0.15, 0.2) is 282 Å². The monoisotopic (exact) mass is 2010 g/mol. The number of cyclic esters (lactones) is 1. The van der Waals surface area contributed by atoms with Gasteiger partial charge in [0.1, 0.15) is 17.7 Å². The third kappa shape index (κ3) is 38.1. The van der Waals surface area contributed by atoms with Gasteiger partial charge in [0.25, 0.3) is 20.0 Å². The Hall–Kier alpha value is -9.82. The second-order valence-electron chi connectivity index (χ2n) is 35.4. The van der Waals surface area contributed by atoms with Gasteiger partial charge in [-0.2, -0.15) is 30.6 Å². The fourth-order valence-electron chi connectivity index (χ4n) is 16.4. The van der Waals surface area contributed by atoms with Crippen molar-refractivity contribution in [3.05, 3.63) is 272 Å². The number of esters is 1. The molecule has 0 radical (unpaired) electrons. The summed E-state index contributed by atoms with van der Waals surface area (Å²) in [5.41, 5.74) is 8.81. The van der Waals surface area contributed by atoms with E-state index in [9.17, 15) is 66.3 Å². The zero-order chi connectivity index (χ0) is 102. The first-order chi connectivity index (χ1) is 67.4. The van der Waals surface area contributed by atoms with E-state index in [1.165, 1.54) is 249 Å². The third-order valence-electron chi connectivity index (χ3n) is 24.3. The minimum Gasteiger partial charge on any atom is -0.545 e. The Morgan fingerprint density at radius 1 is 0.436 bits per heavy atom. The number of hydrogen-bond acceptors (Lipinski definition) is 14. The number of imidazole rings is 2. The predicted octanol–water partition coefficient (Wildman–Crippen LogP) is 25.8. The van der Waals surface area contributed by atoms with Gasteiger partial charge >= 0.3 is 22.4 Å². The van der Waals surface area contributed by atoms with E-state index in [2.05, 4.69) is 208 Å². The predicted molar refractivity (Wildman–Crippen MR) is 558 cm³/mol. The van der Waals surface area contributed by atoms with Gasteiger partial charge in [0.15, 0.2) is 14.7 Å². The van der Waals surface area contributed by atoms with Crippen LogP contribution >= 0.6 is 0 Å². The smallest absolute Gasteiger partial charge is 0.429 e. The number of carbonyl (C=O) groups is 2. The van der Waals surface area contributed by atoms with Crippen molar-refractivity contribution < 1.29 is 75.5 Å². The number of carboxylic acid groups (broad SMARTS) is 1. The largest absolute Gasteiger partial charge is 0.545 e. The van der Waals surface area contributed by atoms with Crippen molar-refractivity contribution in [2.75, 3.05) is 84.9 Å². The molecule has 29 heteroatoms. The van der Waals surface area contributed by atoms with E-state index in [4.69, 9.17) is 9.72 Å². The third-order valence-corrected chi connectivity index (χ3v) is 31.5. The van der Waals surface area contributed by atoms with Crippen LogP contribution in [-0.4, -0.2) is 183 Å². The number of carbonyl (C=O) groups excluding carboxylic acids is 2. The molecule has 19 nitrogen and oxygen atoms in total. The van der Waals surface area contributed by atoms with Crippen molar-refractivity contribution in [1.29, 1.82) is 0 Å². The Kier molecular flexibility index (Phi) is 52.4. The molecule has 0 saturated carbocycles. The van der Waals surface area contributed by atoms with Crippen molar-refractivity contribution in [1.82, 2.24) is 38.2 Å². The van der Waals surface area contributed by atoms with Crippen molar-refractivity contribution >= 4 is 63.9 Å². The maximum atomic E-state index is 14.3. The molecule has 140 heavy (non-hydrogen) atoms. The van der Waals surface area contributed by atoms with Gasteiger partial charge in [-0.05, 0) is 119 Å². The lowest BCUT2D eigenvalue weighted by atomic mass is 10.1. The van der Waals surface area contributed by atoms with Crippen LogP contribution in [0.3, 0.4) is 0 Å². The number of aromatic amines is 2. The van der Waals surface area contributed by atoms with Gasteiger partial charge in [-0.3, -0.25) is 9.69 Å². The van der Waals surface area contributed by atoms with Crippen LogP contribution in [0.5, 0.6) is 0 Å². The van der Waals surface area contributed by atoms with Crippen LogP contribution in [0.25, 0.3) is 56.3 Å². The highest BCUT2D eigenvalue weighted by Crippen LogP contribution is 2.52.